The number of rotatable bonds is 2. The van der Waals surface area contributed by atoms with Crippen LogP contribution in [-0.4, -0.2) is 22.7 Å². The van der Waals surface area contributed by atoms with Crippen molar-refractivity contribution in [1.82, 2.24) is 9.71 Å². The summed E-state index contributed by atoms with van der Waals surface area (Å²) in [5, 5.41) is 0. The highest BCUT2D eigenvalue weighted by Crippen LogP contribution is 1.83. The van der Waals surface area contributed by atoms with E-state index in [1.165, 1.54) is 12.4 Å². The van der Waals surface area contributed by atoms with Crippen molar-refractivity contribution in [2.45, 2.75) is 0 Å². The van der Waals surface area contributed by atoms with Crippen LogP contribution < -0.4 is 4.28 Å². The topological polar surface area (TPSA) is 81.4 Å². The molecule has 1 aromatic rings. The molecule has 0 aliphatic rings. The molecule has 0 amide bonds. The monoisotopic (exact) mass is 164 g/mol. The first-order chi connectivity index (χ1) is 4.58. The van der Waals surface area contributed by atoms with E-state index >= 15 is 0 Å². The van der Waals surface area contributed by atoms with Crippen LogP contribution in [0.2, 0.25) is 0 Å². The van der Waals surface area contributed by atoms with Crippen LogP contribution in [0.3, 0.4) is 0 Å². The van der Waals surface area contributed by atoms with Gasteiger partial charge in [0.25, 0.3) is 0 Å². The van der Waals surface area contributed by atoms with Gasteiger partial charge in [0.05, 0.1) is 6.20 Å². The van der Waals surface area contributed by atoms with Gasteiger partial charge in [-0.05, 0) is 0 Å². The van der Waals surface area contributed by atoms with E-state index in [-0.39, 0.29) is 0 Å². The third-order valence-corrected chi connectivity index (χ3v) is 1.02. The predicted octanol–water partition coefficient (Wildman–Crippen LogP) is -0.886. The molecule has 56 valence electrons. The number of hydrogen-bond donors (Lipinski definition) is 1. The molecule has 1 rings (SSSR count). The van der Waals surface area contributed by atoms with Gasteiger partial charge in [0, 0.05) is 6.20 Å². The van der Waals surface area contributed by atoms with Crippen LogP contribution in [0, 0.1) is 0 Å². The Morgan fingerprint density at radius 3 is 2.70 bits per heavy atom. The number of aromatic nitrogens is 2. The zero-order chi connectivity index (χ0) is 7.61. The van der Waals surface area contributed by atoms with Crippen molar-refractivity contribution in [3.05, 3.63) is 18.7 Å². The molecule has 0 saturated heterocycles. The van der Waals surface area contributed by atoms with E-state index in [0.29, 0.717) is 0 Å². The highest BCUT2D eigenvalue weighted by Gasteiger charge is 2.03. The minimum Gasteiger partial charge on any atom is -0.265 e. The fourth-order valence-electron chi connectivity index (χ4n) is 0.400. The molecule has 6 nitrogen and oxygen atoms in total. The average Bonchev–Trinajstić information content (AvgIpc) is 2.12. The van der Waals surface area contributed by atoms with Gasteiger partial charge in [0.15, 0.2) is 0 Å². The molecule has 0 saturated carbocycles. The molecule has 0 spiro atoms. The van der Waals surface area contributed by atoms with Crippen molar-refractivity contribution in [2.24, 2.45) is 0 Å². The summed E-state index contributed by atoms with van der Waals surface area (Å²) in [5.74, 6) is 0. The Balaban J connectivity index is 2.75. The Morgan fingerprint density at radius 1 is 1.60 bits per heavy atom. The van der Waals surface area contributed by atoms with E-state index < -0.39 is 10.4 Å². The molecule has 0 aromatic carbocycles. The van der Waals surface area contributed by atoms with Crippen LogP contribution in [0.15, 0.2) is 18.7 Å². The van der Waals surface area contributed by atoms with Gasteiger partial charge in [-0.1, -0.05) is 0 Å². The van der Waals surface area contributed by atoms with Gasteiger partial charge in [0.2, 0.25) is 0 Å². The normalized spacial score (nSPS) is 11.3. The van der Waals surface area contributed by atoms with E-state index in [1.54, 1.807) is 0 Å². The van der Waals surface area contributed by atoms with Gasteiger partial charge in [0.1, 0.15) is 6.33 Å². The lowest BCUT2D eigenvalue weighted by molar-refractivity contribution is 0.239. The lowest BCUT2D eigenvalue weighted by Gasteiger charge is -1.97. The van der Waals surface area contributed by atoms with Gasteiger partial charge in [-0.3, -0.25) is 8.84 Å². The second-order valence-corrected chi connectivity index (χ2v) is 2.43. The first-order valence-electron chi connectivity index (χ1n) is 2.23. The molecule has 1 aromatic heterocycles. The maximum Gasteiger partial charge on any atom is 0.465 e. The minimum atomic E-state index is -4.42. The van der Waals surface area contributed by atoms with Gasteiger partial charge < -0.3 is 0 Å². The van der Waals surface area contributed by atoms with Crippen molar-refractivity contribution >= 4 is 10.4 Å². The summed E-state index contributed by atoms with van der Waals surface area (Å²) in [6.07, 6.45) is 3.63. The van der Waals surface area contributed by atoms with E-state index in [9.17, 15) is 8.42 Å². The molecule has 0 aliphatic carbocycles. The first kappa shape index (κ1) is 7.03. The Morgan fingerprint density at radius 2 is 2.30 bits per heavy atom. The third kappa shape index (κ3) is 2.03. The van der Waals surface area contributed by atoms with E-state index in [1.807, 2.05) is 0 Å². The van der Waals surface area contributed by atoms with Gasteiger partial charge in [-0.2, -0.15) is 13.1 Å². The first-order valence-corrected chi connectivity index (χ1v) is 3.60. The SMILES string of the molecule is O=S(=O)(O)On1ccnc1. The smallest absolute Gasteiger partial charge is 0.265 e. The molecule has 0 bridgehead atoms. The molecular weight excluding hydrogens is 160 g/mol. The van der Waals surface area contributed by atoms with Crippen molar-refractivity contribution in [2.75, 3.05) is 0 Å². The van der Waals surface area contributed by atoms with Crippen LogP contribution >= 0.6 is 0 Å². The van der Waals surface area contributed by atoms with Crippen LogP contribution in [0.5, 0.6) is 0 Å². The molecule has 10 heavy (non-hydrogen) atoms. The van der Waals surface area contributed by atoms with Crippen LogP contribution in [0.4, 0.5) is 0 Å². The predicted molar refractivity (Wildman–Crippen MR) is 30.4 cm³/mol. The van der Waals surface area contributed by atoms with Gasteiger partial charge in [-0.15, -0.1) is 0 Å². The van der Waals surface area contributed by atoms with Crippen molar-refractivity contribution < 1.29 is 17.3 Å². The third-order valence-electron chi connectivity index (χ3n) is 0.660. The second-order valence-electron chi connectivity index (χ2n) is 1.42. The summed E-state index contributed by atoms with van der Waals surface area (Å²) in [5.41, 5.74) is 0. The molecule has 0 unspecified atom stereocenters. The Kier molecular flexibility index (Phi) is 1.60. The average molecular weight is 164 g/mol. The van der Waals surface area contributed by atoms with E-state index in [0.717, 1.165) is 11.1 Å². The molecular formula is C3H4N2O4S. The van der Waals surface area contributed by atoms with E-state index in [2.05, 4.69) is 9.27 Å². The number of nitrogens with zero attached hydrogens (tertiary/aromatic N) is 2. The quantitative estimate of drug-likeness (QED) is 0.573. The summed E-state index contributed by atoms with van der Waals surface area (Å²) in [6, 6.07) is 0. The summed E-state index contributed by atoms with van der Waals surface area (Å²) in [7, 11) is -4.42. The summed E-state index contributed by atoms with van der Waals surface area (Å²) < 4.78 is 32.7. The highest BCUT2D eigenvalue weighted by molar-refractivity contribution is 7.81. The summed E-state index contributed by atoms with van der Waals surface area (Å²) in [6.45, 7) is 0. The fraction of sp³-hybridized carbons (Fsp3) is 0. The number of hydrogen-bond acceptors (Lipinski definition) is 4. The zero-order valence-corrected chi connectivity index (χ0v) is 5.52. The standard InChI is InChI=1S/C3H4N2O4S/c6-10(7,8)9-5-2-1-4-3-5/h1-3H,(H,6,7,8). The van der Waals surface area contributed by atoms with Crippen LogP contribution in [0.25, 0.3) is 0 Å². The fourth-order valence-corrected chi connectivity index (χ4v) is 0.705. The lowest BCUT2D eigenvalue weighted by Crippen LogP contribution is -2.17. The Hall–Kier alpha value is -1.08. The molecule has 0 fully saturated rings. The van der Waals surface area contributed by atoms with Crippen LogP contribution in [0.1, 0.15) is 0 Å². The second kappa shape index (κ2) is 2.27. The maximum atomic E-state index is 9.98. The Bertz CT molecular complexity index is 288. The van der Waals surface area contributed by atoms with Crippen molar-refractivity contribution in [3.8, 4) is 0 Å². The molecule has 0 aliphatic heterocycles. The van der Waals surface area contributed by atoms with E-state index in [4.69, 9.17) is 4.55 Å². The van der Waals surface area contributed by atoms with Crippen LogP contribution in [-0.2, 0) is 10.4 Å². The van der Waals surface area contributed by atoms with Crippen molar-refractivity contribution in [1.29, 1.82) is 0 Å². The van der Waals surface area contributed by atoms with Gasteiger partial charge >= 0.3 is 10.4 Å². The van der Waals surface area contributed by atoms with Gasteiger partial charge in [-0.25, -0.2) is 4.98 Å². The lowest BCUT2D eigenvalue weighted by atomic mass is 11.0. The maximum absolute atomic E-state index is 9.98. The molecule has 1 N–H and O–H groups in total. The molecule has 0 radical (unpaired) electrons. The zero-order valence-electron chi connectivity index (χ0n) is 4.71. The summed E-state index contributed by atoms with van der Waals surface area (Å²) >= 11 is 0. The Labute approximate surface area is 57.0 Å². The highest BCUT2D eigenvalue weighted by atomic mass is 32.3. The van der Waals surface area contributed by atoms with Crippen molar-refractivity contribution in [3.63, 3.8) is 0 Å². The molecule has 7 heteroatoms. The number of imidazole rings is 1. The largest absolute Gasteiger partial charge is 0.465 e. The minimum absolute atomic E-state index is 0.759. The molecule has 0 atom stereocenters. The molecule has 1 heterocycles. The summed E-state index contributed by atoms with van der Waals surface area (Å²) in [4.78, 5) is 3.47.